The lowest BCUT2D eigenvalue weighted by molar-refractivity contribution is 0.661. The number of hydrogen-bond donors (Lipinski definition) is 2. The quantitative estimate of drug-likeness (QED) is 0.200. The summed E-state index contributed by atoms with van der Waals surface area (Å²) in [6.45, 7) is 6.92. The van der Waals surface area contributed by atoms with Gasteiger partial charge < -0.3 is 11.1 Å². The topological polar surface area (TPSA) is 38.0 Å². The van der Waals surface area contributed by atoms with E-state index in [9.17, 15) is 0 Å². The maximum atomic E-state index is 5.81. The number of hydrogen-bond acceptors (Lipinski definition) is 2. The van der Waals surface area contributed by atoms with Crippen molar-refractivity contribution in [2.45, 2.75) is 26.2 Å². The van der Waals surface area contributed by atoms with Crippen molar-refractivity contribution in [2.75, 3.05) is 11.1 Å². The highest BCUT2D eigenvalue weighted by Gasteiger charge is 2.38. The molecule has 2 nitrogen and oxygen atoms in total. The van der Waals surface area contributed by atoms with Gasteiger partial charge in [-0.1, -0.05) is 129 Å². The molecule has 0 radical (unpaired) electrons. The van der Waals surface area contributed by atoms with Gasteiger partial charge >= 0.3 is 0 Å². The van der Waals surface area contributed by atoms with Gasteiger partial charge in [-0.2, -0.15) is 0 Å². The molecule has 0 saturated carbocycles. The van der Waals surface area contributed by atoms with Crippen molar-refractivity contribution in [2.24, 2.45) is 0 Å². The lowest BCUT2D eigenvalue weighted by Gasteiger charge is -2.23. The number of nitrogen functional groups attached to an aromatic ring is 1. The Kier molecular flexibility index (Phi) is 6.54. The first-order chi connectivity index (χ1) is 22.4. The second-order valence-corrected chi connectivity index (χ2v) is 13.0. The fraction of sp³-hybridized carbons (Fsp3) is 0.0909. The van der Waals surface area contributed by atoms with Crippen LogP contribution in [-0.4, -0.2) is 0 Å². The summed E-state index contributed by atoms with van der Waals surface area (Å²) in [6.07, 6.45) is 0. The first-order valence-electron chi connectivity index (χ1n) is 16.0. The Labute approximate surface area is 271 Å². The molecule has 0 amide bonds. The SMILES string of the molecule is Cc1ccc(-c2ccc3c(c2)C(C)(C)c2cc4c5c(cccc5c2-3)-c2ccccc2-4)cc1.Nc1ccccc1Nc1ccccc1. The normalized spacial score (nSPS) is 12.9. The minimum atomic E-state index is -0.0381. The van der Waals surface area contributed by atoms with E-state index in [2.05, 4.69) is 117 Å². The van der Waals surface area contributed by atoms with Gasteiger partial charge in [0.05, 0.1) is 11.4 Å². The minimum absolute atomic E-state index is 0.0381. The average Bonchev–Trinajstić information content (AvgIpc) is 3.53. The second kappa shape index (κ2) is 10.8. The Morgan fingerprint density at radius 1 is 0.522 bits per heavy atom. The van der Waals surface area contributed by atoms with Gasteiger partial charge in [-0.3, -0.25) is 0 Å². The molecule has 0 heterocycles. The van der Waals surface area contributed by atoms with Gasteiger partial charge in [0.2, 0.25) is 0 Å². The fourth-order valence-electron chi connectivity index (χ4n) is 7.30. The van der Waals surface area contributed by atoms with Crippen LogP contribution >= 0.6 is 0 Å². The van der Waals surface area contributed by atoms with E-state index in [0.29, 0.717) is 0 Å². The lowest BCUT2D eigenvalue weighted by atomic mass is 9.80. The molecule has 222 valence electrons. The zero-order valence-electron chi connectivity index (χ0n) is 26.4. The summed E-state index contributed by atoms with van der Waals surface area (Å²) in [4.78, 5) is 0. The van der Waals surface area contributed by atoms with Crippen LogP contribution in [0.1, 0.15) is 30.5 Å². The number of anilines is 3. The first-order valence-corrected chi connectivity index (χ1v) is 16.0. The Morgan fingerprint density at radius 2 is 1.17 bits per heavy atom. The third kappa shape index (κ3) is 4.49. The molecule has 0 saturated heterocycles. The Hall–Kier alpha value is -5.60. The van der Waals surface area contributed by atoms with Gasteiger partial charge in [0.25, 0.3) is 0 Å². The number of aryl methyl sites for hydroxylation is 1. The third-order valence-corrected chi connectivity index (χ3v) is 9.70. The summed E-state index contributed by atoms with van der Waals surface area (Å²) in [5, 5.41) is 6.05. The third-order valence-electron chi connectivity index (χ3n) is 9.70. The molecule has 2 heteroatoms. The molecular formula is C44H36N2. The maximum Gasteiger partial charge on any atom is 0.0617 e. The minimum Gasteiger partial charge on any atom is -0.397 e. The molecule has 0 fully saturated rings. The second-order valence-electron chi connectivity index (χ2n) is 13.0. The van der Waals surface area contributed by atoms with Crippen molar-refractivity contribution in [3.05, 3.63) is 162 Å². The van der Waals surface area contributed by atoms with Crippen LogP contribution in [0.4, 0.5) is 17.1 Å². The smallest absolute Gasteiger partial charge is 0.0617 e. The van der Waals surface area contributed by atoms with E-state index in [1.54, 1.807) is 0 Å². The van der Waals surface area contributed by atoms with Gasteiger partial charge in [0, 0.05) is 11.1 Å². The van der Waals surface area contributed by atoms with E-state index >= 15 is 0 Å². The van der Waals surface area contributed by atoms with Gasteiger partial charge in [0.1, 0.15) is 0 Å². The maximum absolute atomic E-state index is 5.81. The van der Waals surface area contributed by atoms with E-state index in [-0.39, 0.29) is 5.41 Å². The van der Waals surface area contributed by atoms with Crippen molar-refractivity contribution in [3.63, 3.8) is 0 Å². The Morgan fingerprint density at radius 3 is 1.93 bits per heavy atom. The van der Waals surface area contributed by atoms with Gasteiger partial charge in [-0.05, 0) is 110 Å². The van der Waals surface area contributed by atoms with Gasteiger partial charge in [0.15, 0.2) is 0 Å². The predicted octanol–water partition coefficient (Wildman–Crippen LogP) is 11.8. The molecule has 2 aliphatic carbocycles. The highest BCUT2D eigenvalue weighted by molar-refractivity contribution is 6.20. The van der Waals surface area contributed by atoms with Crippen LogP contribution in [0.2, 0.25) is 0 Å². The first kappa shape index (κ1) is 27.9. The molecule has 46 heavy (non-hydrogen) atoms. The van der Waals surface area contributed by atoms with Crippen LogP contribution in [0.3, 0.4) is 0 Å². The molecule has 0 spiro atoms. The summed E-state index contributed by atoms with van der Waals surface area (Å²) in [5.41, 5.74) is 23.6. The molecular weight excluding hydrogens is 556 g/mol. The molecule has 2 aliphatic rings. The van der Waals surface area contributed by atoms with Crippen molar-refractivity contribution in [1.82, 2.24) is 0 Å². The Balaban J connectivity index is 0.000000187. The number of nitrogens with one attached hydrogen (secondary N) is 1. The van der Waals surface area contributed by atoms with Gasteiger partial charge in [-0.15, -0.1) is 0 Å². The standard InChI is InChI=1S/C32H24.C12H12N2/c1-19-11-13-20(14-12-19)21-15-16-25-28(17-21)32(2,3)29-18-27-23-8-5-4-7-22(23)24-9-6-10-26(30(24)27)31(25)29;13-11-8-4-5-9-12(11)14-10-6-2-1-3-7-10/h4-18H,1-3H3;1-9,14H,13H2. The molecule has 0 bridgehead atoms. The van der Waals surface area contributed by atoms with E-state index in [1.165, 1.54) is 72.0 Å². The van der Waals surface area contributed by atoms with Crippen molar-refractivity contribution in [1.29, 1.82) is 0 Å². The van der Waals surface area contributed by atoms with Crippen molar-refractivity contribution < 1.29 is 0 Å². The van der Waals surface area contributed by atoms with Crippen LogP contribution in [0.15, 0.2) is 146 Å². The largest absolute Gasteiger partial charge is 0.397 e. The predicted molar refractivity (Wildman–Crippen MR) is 197 cm³/mol. The van der Waals surface area contributed by atoms with Crippen LogP contribution in [0, 0.1) is 6.92 Å². The molecule has 0 aromatic heterocycles. The zero-order chi connectivity index (χ0) is 31.4. The van der Waals surface area contributed by atoms with Crippen LogP contribution in [0.5, 0.6) is 0 Å². The molecule has 7 aromatic carbocycles. The van der Waals surface area contributed by atoms with E-state index in [0.717, 1.165) is 17.1 Å². The number of benzene rings is 7. The van der Waals surface area contributed by atoms with E-state index in [1.807, 2.05) is 54.6 Å². The van der Waals surface area contributed by atoms with E-state index < -0.39 is 0 Å². The fourth-order valence-corrected chi connectivity index (χ4v) is 7.30. The molecule has 9 rings (SSSR count). The highest BCUT2D eigenvalue weighted by atomic mass is 14.9. The van der Waals surface area contributed by atoms with Crippen molar-refractivity contribution in [3.8, 4) is 44.5 Å². The van der Waals surface area contributed by atoms with Crippen LogP contribution < -0.4 is 11.1 Å². The number of rotatable bonds is 3. The summed E-state index contributed by atoms with van der Waals surface area (Å²) in [7, 11) is 0. The number of para-hydroxylation sites is 3. The lowest BCUT2D eigenvalue weighted by Crippen LogP contribution is -2.15. The highest BCUT2D eigenvalue weighted by Crippen LogP contribution is 2.57. The molecule has 3 N–H and O–H groups in total. The average molecular weight is 593 g/mol. The summed E-state index contributed by atoms with van der Waals surface area (Å²) < 4.78 is 0. The molecule has 7 aromatic rings. The molecule has 0 atom stereocenters. The Bertz CT molecular complexity index is 2260. The summed E-state index contributed by atoms with van der Waals surface area (Å²) in [6, 6.07) is 51.8. The van der Waals surface area contributed by atoms with E-state index in [4.69, 9.17) is 5.73 Å². The number of fused-ring (bicyclic) bond motifs is 7. The molecule has 0 unspecified atom stereocenters. The monoisotopic (exact) mass is 592 g/mol. The van der Waals surface area contributed by atoms with Crippen LogP contribution in [-0.2, 0) is 5.41 Å². The summed E-state index contributed by atoms with van der Waals surface area (Å²) >= 11 is 0. The summed E-state index contributed by atoms with van der Waals surface area (Å²) in [5.74, 6) is 0. The van der Waals surface area contributed by atoms with Crippen LogP contribution in [0.25, 0.3) is 55.3 Å². The van der Waals surface area contributed by atoms with Gasteiger partial charge in [-0.25, -0.2) is 0 Å². The van der Waals surface area contributed by atoms with Crippen molar-refractivity contribution >= 4 is 27.8 Å². The zero-order valence-corrected chi connectivity index (χ0v) is 26.4. The molecule has 0 aliphatic heterocycles. The number of nitrogens with two attached hydrogens (primary N) is 1.